The van der Waals surface area contributed by atoms with Gasteiger partial charge in [0.05, 0.1) is 5.69 Å². The first-order valence-corrected chi connectivity index (χ1v) is 5.12. The number of nitrogens with two attached hydrogens (primary N) is 1. The molecule has 2 rings (SSSR count). The Bertz CT molecular complexity index is 489. The van der Waals surface area contributed by atoms with Crippen molar-refractivity contribution in [3.05, 3.63) is 47.7 Å². The molecule has 0 amide bonds. The number of para-hydroxylation sites is 1. The van der Waals surface area contributed by atoms with Crippen molar-refractivity contribution < 1.29 is 4.74 Å². The summed E-state index contributed by atoms with van der Waals surface area (Å²) in [5.74, 6) is 1.25. The summed E-state index contributed by atoms with van der Waals surface area (Å²) in [7, 11) is 0. The van der Waals surface area contributed by atoms with Crippen LogP contribution in [0.2, 0.25) is 0 Å². The van der Waals surface area contributed by atoms with Crippen LogP contribution < -0.4 is 10.5 Å². The molecule has 0 unspecified atom stereocenters. The maximum absolute atomic E-state index is 5.85. The summed E-state index contributed by atoms with van der Waals surface area (Å²) in [6.07, 6.45) is 1.72. The van der Waals surface area contributed by atoms with Crippen LogP contribution in [0.3, 0.4) is 0 Å². The van der Waals surface area contributed by atoms with Crippen molar-refractivity contribution in [1.29, 1.82) is 0 Å². The summed E-state index contributed by atoms with van der Waals surface area (Å²) in [4.78, 5) is 4.14. The Balaban J connectivity index is 2.34. The Morgan fingerprint density at radius 1 is 1.19 bits per heavy atom. The Morgan fingerprint density at radius 3 is 2.69 bits per heavy atom. The van der Waals surface area contributed by atoms with Crippen LogP contribution in [-0.2, 0) is 0 Å². The molecule has 0 saturated heterocycles. The van der Waals surface area contributed by atoms with Crippen LogP contribution >= 0.6 is 0 Å². The van der Waals surface area contributed by atoms with Crippen molar-refractivity contribution in [3.63, 3.8) is 0 Å². The highest BCUT2D eigenvalue weighted by atomic mass is 16.5. The lowest BCUT2D eigenvalue weighted by molar-refractivity contribution is 0.461. The van der Waals surface area contributed by atoms with Crippen molar-refractivity contribution in [2.24, 2.45) is 0 Å². The van der Waals surface area contributed by atoms with Gasteiger partial charge >= 0.3 is 0 Å². The number of ether oxygens (including phenoxy) is 1. The zero-order valence-electron chi connectivity index (χ0n) is 9.40. The van der Waals surface area contributed by atoms with E-state index in [1.165, 1.54) is 0 Å². The number of aryl methyl sites for hydroxylation is 2. The number of benzene rings is 1. The van der Waals surface area contributed by atoms with Gasteiger partial charge in [-0.2, -0.15) is 0 Å². The number of anilines is 1. The Hall–Kier alpha value is -2.03. The third-order valence-corrected chi connectivity index (χ3v) is 2.34. The lowest BCUT2D eigenvalue weighted by atomic mass is 10.2. The first-order valence-electron chi connectivity index (χ1n) is 5.12. The molecule has 0 spiro atoms. The number of nitrogen functional groups attached to an aromatic ring is 1. The fraction of sp³-hybridized carbons (Fsp3) is 0.154. The molecule has 0 bridgehead atoms. The molecule has 1 aromatic heterocycles. The van der Waals surface area contributed by atoms with Gasteiger partial charge in [0.2, 0.25) is 5.88 Å². The van der Waals surface area contributed by atoms with Crippen LogP contribution in [0.5, 0.6) is 11.6 Å². The van der Waals surface area contributed by atoms with Crippen molar-refractivity contribution in [2.45, 2.75) is 13.8 Å². The van der Waals surface area contributed by atoms with Gasteiger partial charge in [-0.25, -0.2) is 4.98 Å². The molecule has 0 aliphatic rings. The summed E-state index contributed by atoms with van der Waals surface area (Å²) >= 11 is 0. The summed E-state index contributed by atoms with van der Waals surface area (Å²) in [6, 6.07) is 9.49. The Morgan fingerprint density at radius 2 is 2.00 bits per heavy atom. The predicted molar refractivity (Wildman–Crippen MR) is 64.6 cm³/mol. The van der Waals surface area contributed by atoms with Crippen LogP contribution in [0.25, 0.3) is 0 Å². The minimum absolute atomic E-state index is 0.570. The molecule has 0 aliphatic carbocycles. The topological polar surface area (TPSA) is 48.1 Å². The van der Waals surface area contributed by atoms with E-state index < -0.39 is 0 Å². The number of hydrogen-bond acceptors (Lipinski definition) is 3. The first kappa shape index (κ1) is 10.5. The van der Waals surface area contributed by atoms with Crippen molar-refractivity contribution >= 4 is 5.69 Å². The van der Waals surface area contributed by atoms with Gasteiger partial charge in [0.25, 0.3) is 0 Å². The molecule has 0 saturated carbocycles. The summed E-state index contributed by atoms with van der Waals surface area (Å²) in [5, 5.41) is 0. The summed E-state index contributed by atoms with van der Waals surface area (Å²) < 4.78 is 5.68. The lowest BCUT2D eigenvalue weighted by Gasteiger charge is -2.10. The fourth-order valence-electron chi connectivity index (χ4n) is 1.48. The average Bonchev–Trinajstić information content (AvgIpc) is 2.24. The molecular weight excluding hydrogens is 200 g/mol. The highest BCUT2D eigenvalue weighted by Crippen LogP contribution is 2.29. The number of pyridine rings is 1. The van der Waals surface area contributed by atoms with E-state index in [0.29, 0.717) is 17.3 Å². The van der Waals surface area contributed by atoms with Gasteiger partial charge in [0, 0.05) is 12.3 Å². The standard InChI is InChI=1S/C13H14N2O/c1-9-6-7-15-12(8-9)16-13-10(2)4-3-5-11(13)14/h3-8H,14H2,1-2H3. The van der Waals surface area contributed by atoms with Crippen LogP contribution in [0.15, 0.2) is 36.5 Å². The van der Waals surface area contributed by atoms with Gasteiger partial charge in [-0.15, -0.1) is 0 Å². The SMILES string of the molecule is Cc1ccnc(Oc2c(C)cccc2N)c1. The fourth-order valence-corrected chi connectivity index (χ4v) is 1.48. The molecule has 1 heterocycles. The zero-order valence-corrected chi connectivity index (χ0v) is 9.40. The van der Waals surface area contributed by atoms with Crippen molar-refractivity contribution in [2.75, 3.05) is 5.73 Å². The van der Waals surface area contributed by atoms with Crippen LogP contribution in [0.4, 0.5) is 5.69 Å². The monoisotopic (exact) mass is 214 g/mol. The molecule has 0 atom stereocenters. The average molecular weight is 214 g/mol. The van der Waals surface area contributed by atoms with Crippen molar-refractivity contribution in [1.82, 2.24) is 4.98 Å². The number of aromatic nitrogens is 1. The van der Waals surface area contributed by atoms with E-state index in [1.54, 1.807) is 6.20 Å². The molecule has 82 valence electrons. The van der Waals surface area contributed by atoms with E-state index in [0.717, 1.165) is 11.1 Å². The zero-order chi connectivity index (χ0) is 11.5. The van der Waals surface area contributed by atoms with E-state index >= 15 is 0 Å². The molecule has 0 fully saturated rings. The second-order valence-electron chi connectivity index (χ2n) is 3.77. The van der Waals surface area contributed by atoms with Gasteiger partial charge in [-0.1, -0.05) is 12.1 Å². The maximum atomic E-state index is 5.85. The third kappa shape index (κ3) is 2.14. The van der Waals surface area contributed by atoms with E-state index in [-0.39, 0.29) is 0 Å². The smallest absolute Gasteiger partial charge is 0.219 e. The second kappa shape index (κ2) is 4.23. The van der Waals surface area contributed by atoms with Crippen LogP contribution in [0.1, 0.15) is 11.1 Å². The van der Waals surface area contributed by atoms with E-state index in [4.69, 9.17) is 10.5 Å². The number of hydrogen-bond donors (Lipinski definition) is 1. The van der Waals surface area contributed by atoms with Gasteiger partial charge in [-0.05, 0) is 37.1 Å². The van der Waals surface area contributed by atoms with E-state index in [2.05, 4.69) is 4.98 Å². The van der Waals surface area contributed by atoms with Gasteiger partial charge in [-0.3, -0.25) is 0 Å². The molecule has 16 heavy (non-hydrogen) atoms. The van der Waals surface area contributed by atoms with Gasteiger partial charge < -0.3 is 10.5 Å². The highest BCUT2D eigenvalue weighted by molar-refractivity contribution is 5.57. The molecular formula is C13H14N2O. The summed E-state index contributed by atoms with van der Waals surface area (Å²) in [5.41, 5.74) is 8.59. The molecule has 2 N–H and O–H groups in total. The number of nitrogens with zero attached hydrogens (tertiary/aromatic N) is 1. The maximum Gasteiger partial charge on any atom is 0.219 e. The minimum Gasteiger partial charge on any atom is -0.437 e. The van der Waals surface area contributed by atoms with Gasteiger partial charge in [0.1, 0.15) is 0 Å². The third-order valence-electron chi connectivity index (χ3n) is 2.34. The largest absolute Gasteiger partial charge is 0.437 e. The molecule has 1 aromatic carbocycles. The van der Waals surface area contributed by atoms with Crippen molar-refractivity contribution in [3.8, 4) is 11.6 Å². The predicted octanol–water partition coefficient (Wildman–Crippen LogP) is 3.07. The van der Waals surface area contributed by atoms with Crippen LogP contribution in [-0.4, -0.2) is 4.98 Å². The quantitative estimate of drug-likeness (QED) is 0.781. The molecule has 0 radical (unpaired) electrons. The molecule has 3 nitrogen and oxygen atoms in total. The Labute approximate surface area is 94.9 Å². The first-order chi connectivity index (χ1) is 7.66. The molecule has 3 heteroatoms. The Kier molecular flexibility index (Phi) is 2.77. The lowest BCUT2D eigenvalue weighted by Crippen LogP contribution is -1.95. The summed E-state index contributed by atoms with van der Waals surface area (Å²) in [6.45, 7) is 3.96. The second-order valence-corrected chi connectivity index (χ2v) is 3.77. The number of rotatable bonds is 2. The van der Waals surface area contributed by atoms with Crippen LogP contribution in [0, 0.1) is 13.8 Å². The minimum atomic E-state index is 0.570. The highest BCUT2D eigenvalue weighted by Gasteiger charge is 2.06. The van der Waals surface area contributed by atoms with Gasteiger partial charge in [0.15, 0.2) is 5.75 Å². The van der Waals surface area contributed by atoms with E-state index in [9.17, 15) is 0 Å². The van der Waals surface area contributed by atoms with E-state index in [1.807, 2.05) is 44.2 Å². The molecule has 0 aliphatic heterocycles. The normalized spacial score (nSPS) is 10.1. The molecule has 2 aromatic rings.